The maximum Gasteiger partial charge on any atom is 0.322 e. The van der Waals surface area contributed by atoms with E-state index in [1.165, 1.54) is 39.5 Å². The predicted molar refractivity (Wildman–Crippen MR) is 100 cm³/mol. The molecule has 29 heavy (non-hydrogen) atoms. The number of nitro benzene ring substituents is 1. The lowest BCUT2D eigenvalue weighted by atomic mass is 10.2. The molecule has 0 bridgehead atoms. The molecule has 1 aromatic heterocycles. The molecule has 0 atom stereocenters. The molecule has 3 rings (SSSR count). The maximum atomic E-state index is 12.3. The van der Waals surface area contributed by atoms with E-state index in [1.807, 2.05) is 0 Å². The first kappa shape index (κ1) is 19.6. The second-order valence-electron chi connectivity index (χ2n) is 5.59. The van der Waals surface area contributed by atoms with E-state index in [0.717, 1.165) is 6.07 Å². The highest BCUT2D eigenvalue weighted by molar-refractivity contribution is 6.03. The van der Waals surface area contributed by atoms with Gasteiger partial charge in [-0.3, -0.25) is 20.2 Å². The molecule has 1 heterocycles. The SMILES string of the molecule is COc1cc(-c2nnc(NC(=O)c3cccc([N+](=O)[O-])c3)o2)cc(OC)c1OC. The van der Waals surface area contributed by atoms with Gasteiger partial charge in [0.2, 0.25) is 11.6 Å². The fourth-order valence-corrected chi connectivity index (χ4v) is 2.52. The van der Waals surface area contributed by atoms with Gasteiger partial charge in [0.05, 0.1) is 26.3 Å². The Morgan fingerprint density at radius 3 is 2.34 bits per heavy atom. The number of nitrogens with zero attached hydrogens (tertiary/aromatic N) is 3. The van der Waals surface area contributed by atoms with Gasteiger partial charge < -0.3 is 18.6 Å². The molecule has 11 nitrogen and oxygen atoms in total. The van der Waals surface area contributed by atoms with E-state index in [1.54, 1.807) is 12.1 Å². The number of ether oxygens (including phenoxy) is 3. The third-order valence-electron chi connectivity index (χ3n) is 3.88. The van der Waals surface area contributed by atoms with Crippen LogP contribution < -0.4 is 19.5 Å². The van der Waals surface area contributed by atoms with Crippen molar-refractivity contribution >= 4 is 17.6 Å². The van der Waals surface area contributed by atoms with Gasteiger partial charge in [0.25, 0.3) is 11.6 Å². The summed E-state index contributed by atoms with van der Waals surface area (Å²) in [5, 5.41) is 20.9. The lowest BCUT2D eigenvalue weighted by Gasteiger charge is -2.12. The first-order valence-corrected chi connectivity index (χ1v) is 8.16. The zero-order valence-electron chi connectivity index (χ0n) is 15.7. The summed E-state index contributed by atoms with van der Waals surface area (Å²) in [6.45, 7) is 0. The number of aromatic nitrogens is 2. The third-order valence-corrected chi connectivity index (χ3v) is 3.88. The van der Waals surface area contributed by atoms with Crippen molar-refractivity contribution in [2.24, 2.45) is 0 Å². The van der Waals surface area contributed by atoms with Crippen LogP contribution in [0.4, 0.5) is 11.7 Å². The molecule has 0 saturated heterocycles. The van der Waals surface area contributed by atoms with Crippen LogP contribution in [0.25, 0.3) is 11.5 Å². The number of amides is 1. The minimum Gasteiger partial charge on any atom is -0.493 e. The summed E-state index contributed by atoms with van der Waals surface area (Å²) in [5.41, 5.74) is 0.343. The van der Waals surface area contributed by atoms with Gasteiger partial charge in [-0.1, -0.05) is 11.2 Å². The highest BCUT2D eigenvalue weighted by Gasteiger charge is 2.19. The number of carbonyl (C=O) groups excluding carboxylic acids is 1. The molecule has 0 saturated carbocycles. The summed E-state index contributed by atoms with van der Waals surface area (Å²) in [6.07, 6.45) is 0. The third kappa shape index (κ3) is 4.08. The van der Waals surface area contributed by atoms with Gasteiger partial charge in [-0.15, -0.1) is 5.10 Å². The minimum atomic E-state index is -0.631. The van der Waals surface area contributed by atoms with Crippen LogP contribution in [0.15, 0.2) is 40.8 Å². The zero-order chi connectivity index (χ0) is 21.0. The van der Waals surface area contributed by atoms with Gasteiger partial charge in [-0.25, -0.2) is 0 Å². The standard InChI is InChI=1S/C18H16N4O7/c1-26-13-8-11(9-14(27-2)15(13)28-3)17-20-21-18(29-17)19-16(23)10-5-4-6-12(7-10)22(24)25/h4-9H,1-3H3,(H,19,21,23). The van der Waals surface area contributed by atoms with Crippen molar-refractivity contribution in [2.75, 3.05) is 26.6 Å². The van der Waals surface area contributed by atoms with E-state index in [4.69, 9.17) is 18.6 Å². The van der Waals surface area contributed by atoms with Crippen LogP contribution in [0, 0.1) is 10.1 Å². The normalized spacial score (nSPS) is 10.3. The predicted octanol–water partition coefficient (Wildman–Crippen LogP) is 2.92. The summed E-state index contributed by atoms with van der Waals surface area (Å²) in [4.78, 5) is 22.6. The first-order chi connectivity index (χ1) is 14.0. The molecule has 0 radical (unpaired) electrons. The average Bonchev–Trinajstić information content (AvgIpc) is 3.21. The van der Waals surface area contributed by atoms with Gasteiger partial charge in [-0.05, 0) is 18.2 Å². The average molecular weight is 400 g/mol. The Kier molecular flexibility index (Phi) is 5.58. The van der Waals surface area contributed by atoms with E-state index in [-0.39, 0.29) is 23.2 Å². The Bertz CT molecular complexity index is 1040. The van der Waals surface area contributed by atoms with Crippen LogP contribution in [0.2, 0.25) is 0 Å². The van der Waals surface area contributed by atoms with E-state index >= 15 is 0 Å². The molecule has 3 aromatic rings. The minimum absolute atomic E-state index is 0.0757. The summed E-state index contributed by atoms with van der Waals surface area (Å²) in [5.74, 6) is 0.648. The van der Waals surface area contributed by atoms with E-state index in [9.17, 15) is 14.9 Å². The summed E-state index contributed by atoms with van der Waals surface area (Å²) < 4.78 is 21.3. The molecule has 150 valence electrons. The second-order valence-corrected chi connectivity index (χ2v) is 5.59. The lowest BCUT2D eigenvalue weighted by molar-refractivity contribution is -0.384. The quantitative estimate of drug-likeness (QED) is 0.468. The highest BCUT2D eigenvalue weighted by atomic mass is 16.6. The van der Waals surface area contributed by atoms with E-state index in [2.05, 4.69) is 15.5 Å². The van der Waals surface area contributed by atoms with Gasteiger partial charge >= 0.3 is 6.01 Å². The molecule has 0 fully saturated rings. The second kappa shape index (κ2) is 8.25. The van der Waals surface area contributed by atoms with Crippen molar-refractivity contribution in [3.8, 4) is 28.7 Å². The van der Waals surface area contributed by atoms with Crippen LogP contribution in [0.5, 0.6) is 17.2 Å². The van der Waals surface area contributed by atoms with Gasteiger partial charge in [0, 0.05) is 23.3 Å². The number of non-ortho nitro benzene ring substituents is 1. The van der Waals surface area contributed by atoms with Crippen molar-refractivity contribution in [1.29, 1.82) is 0 Å². The number of rotatable bonds is 7. The number of nitro groups is 1. The maximum absolute atomic E-state index is 12.3. The van der Waals surface area contributed by atoms with Crippen molar-refractivity contribution < 1.29 is 28.3 Å². The van der Waals surface area contributed by atoms with Crippen molar-refractivity contribution in [1.82, 2.24) is 10.2 Å². The Labute approximate surface area is 164 Å². The fraction of sp³-hybridized carbons (Fsp3) is 0.167. The topological polar surface area (TPSA) is 139 Å². The van der Waals surface area contributed by atoms with Crippen LogP contribution in [0.3, 0.4) is 0 Å². The molecular weight excluding hydrogens is 384 g/mol. The Balaban J connectivity index is 1.85. The van der Waals surface area contributed by atoms with Gasteiger partial charge in [0.1, 0.15) is 0 Å². The fourth-order valence-electron chi connectivity index (χ4n) is 2.52. The van der Waals surface area contributed by atoms with E-state index in [0.29, 0.717) is 22.8 Å². The Morgan fingerprint density at radius 1 is 1.07 bits per heavy atom. The molecule has 1 amide bonds. The number of benzene rings is 2. The summed E-state index contributed by atoms with van der Waals surface area (Å²) in [7, 11) is 4.42. The molecule has 0 aliphatic heterocycles. The number of anilines is 1. The van der Waals surface area contributed by atoms with E-state index < -0.39 is 10.8 Å². The first-order valence-electron chi connectivity index (χ1n) is 8.16. The van der Waals surface area contributed by atoms with Gasteiger partial charge in [0.15, 0.2) is 11.5 Å². The molecule has 2 aromatic carbocycles. The monoisotopic (exact) mass is 400 g/mol. The van der Waals surface area contributed by atoms with Gasteiger partial charge in [-0.2, -0.15) is 0 Å². The van der Waals surface area contributed by atoms with Crippen molar-refractivity contribution in [3.63, 3.8) is 0 Å². The largest absolute Gasteiger partial charge is 0.493 e. The van der Waals surface area contributed by atoms with Crippen molar-refractivity contribution in [2.45, 2.75) is 0 Å². The molecule has 0 spiro atoms. The summed E-state index contributed by atoms with van der Waals surface area (Å²) in [6, 6.07) is 8.31. The van der Waals surface area contributed by atoms with Crippen LogP contribution in [-0.4, -0.2) is 42.4 Å². The highest BCUT2D eigenvalue weighted by Crippen LogP contribution is 2.41. The molecule has 0 aliphatic rings. The number of methoxy groups -OCH3 is 3. The van der Waals surface area contributed by atoms with Crippen LogP contribution in [0.1, 0.15) is 10.4 Å². The van der Waals surface area contributed by atoms with Crippen LogP contribution in [-0.2, 0) is 0 Å². The molecule has 0 aliphatic carbocycles. The zero-order valence-corrected chi connectivity index (χ0v) is 15.7. The lowest BCUT2D eigenvalue weighted by Crippen LogP contribution is -2.12. The molecule has 11 heteroatoms. The van der Waals surface area contributed by atoms with Crippen LogP contribution >= 0.6 is 0 Å². The smallest absolute Gasteiger partial charge is 0.322 e. The van der Waals surface area contributed by atoms with Crippen molar-refractivity contribution in [3.05, 3.63) is 52.1 Å². The Hall–Kier alpha value is -4.15. The summed E-state index contributed by atoms with van der Waals surface area (Å²) >= 11 is 0. The molecular formula is C18H16N4O7. The number of nitrogens with one attached hydrogen (secondary N) is 1. The number of hydrogen-bond donors (Lipinski definition) is 1. The number of hydrogen-bond acceptors (Lipinski definition) is 9. The Morgan fingerprint density at radius 2 is 1.76 bits per heavy atom. The number of carbonyl (C=O) groups is 1. The molecule has 0 unspecified atom stereocenters. The molecule has 1 N–H and O–H groups in total.